The summed E-state index contributed by atoms with van der Waals surface area (Å²) in [6.45, 7) is 3.17. The lowest BCUT2D eigenvalue weighted by Gasteiger charge is -2.20. The smallest absolute Gasteiger partial charge is 0.326 e. The highest BCUT2D eigenvalue weighted by molar-refractivity contribution is 5.96. The van der Waals surface area contributed by atoms with Crippen LogP contribution in [-0.2, 0) is 4.79 Å². The van der Waals surface area contributed by atoms with Crippen molar-refractivity contribution in [2.75, 3.05) is 7.05 Å². The summed E-state index contributed by atoms with van der Waals surface area (Å²) in [7, 11) is 1.45. The van der Waals surface area contributed by atoms with Crippen molar-refractivity contribution in [2.45, 2.75) is 19.9 Å². The van der Waals surface area contributed by atoms with Gasteiger partial charge in [-0.05, 0) is 19.9 Å². The Hall–Kier alpha value is -1.78. The lowest BCUT2D eigenvalue weighted by atomic mass is 10.2. The number of carboxylic acids is 1. The Morgan fingerprint density at radius 3 is 2.53 bits per heavy atom. The van der Waals surface area contributed by atoms with Crippen molar-refractivity contribution in [3.63, 3.8) is 0 Å². The SMILES string of the molecule is Cc1cc(C(=O)N(C)C(C)C(=O)O)co1. The molecule has 1 aromatic rings. The largest absolute Gasteiger partial charge is 0.480 e. The lowest BCUT2D eigenvalue weighted by molar-refractivity contribution is -0.141. The van der Waals surface area contributed by atoms with Crippen molar-refractivity contribution >= 4 is 11.9 Å². The van der Waals surface area contributed by atoms with E-state index in [1.54, 1.807) is 13.0 Å². The molecule has 15 heavy (non-hydrogen) atoms. The minimum absolute atomic E-state index is 0.359. The van der Waals surface area contributed by atoms with Gasteiger partial charge in [-0.25, -0.2) is 4.79 Å². The van der Waals surface area contributed by atoms with Crippen molar-refractivity contribution in [3.05, 3.63) is 23.7 Å². The summed E-state index contributed by atoms with van der Waals surface area (Å²) < 4.78 is 4.98. The Morgan fingerprint density at radius 1 is 1.53 bits per heavy atom. The fraction of sp³-hybridized carbons (Fsp3) is 0.400. The van der Waals surface area contributed by atoms with E-state index >= 15 is 0 Å². The van der Waals surface area contributed by atoms with Gasteiger partial charge in [-0.2, -0.15) is 0 Å². The van der Waals surface area contributed by atoms with Gasteiger partial charge in [0.1, 0.15) is 18.1 Å². The molecule has 0 aliphatic carbocycles. The second kappa shape index (κ2) is 4.16. The molecule has 0 saturated carbocycles. The van der Waals surface area contributed by atoms with Gasteiger partial charge in [0.15, 0.2) is 0 Å². The van der Waals surface area contributed by atoms with Gasteiger partial charge in [0.2, 0.25) is 0 Å². The van der Waals surface area contributed by atoms with E-state index in [-0.39, 0.29) is 5.91 Å². The van der Waals surface area contributed by atoms with E-state index in [1.807, 2.05) is 0 Å². The fourth-order valence-electron chi connectivity index (χ4n) is 1.10. The number of hydrogen-bond acceptors (Lipinski definition) is 3. The minimum Gasteiger partial charge on any atom is -0.480 e. The topological polar surface area (TPSA) is 70.8 Å². The third kappa shape index (κ3) is 2.37. The van der Waals surface area contributed by atoms with Crippen LogP contribution >= 0.6 is 0 Å². The number of carboxylic acid groups (broad SMARTS) is 1. The zero-order chi connectivity index (χ0) is 11.6. The van der Waals surface area contributed by atoms with Gasteiger partial charge in [-0.3, -0.25) is 4.79 Å². The molecule has 82 valence electrons. The van der Waals surface area contributed by atoms with E-state index in [4.69, 9.17) is 9.52 Å². The molecule has 1 heterocycles. The van der Waals surface area contributed by atoms with Crippen molar-refractivity contribution in [1.82, 2.24) is 4.90 Å². The molecule has 0 bridgehead atoms. The third-order valence-corrected chi connectivity index (χ3v) is 2.24. The molecule has 1 rings (SSSR count). The van der Waals surface area contributed by atoms with E-state index in [2.05, 4.69) is 0 Å². The zero-order valence-electron chi connectivity index (χ0n) is 8.85. The van der Waals surface area contributed by atoms with Crippen LogP contribution < -0.4 is 0 Å². The van der Waals surface area contributed by atoms with Gasteiger partial charge >= 0.3 is 5.97 Å². The number of amides is 1. The Morgan fingerprint density at radius 2 is 2.13 bits per heavy atom. The number of likely N-dealkylation sites (N-methyl/N-ethyl adjacent to an activating group) is 1. The summed E-state index contributed by atoms with van der Waals surface area (Å²) in [5, 5.41) is 8.74. The van der Waals surface area contributed by atoms with Crippen LogP contribution in [0.15, 0.2) is 16.7 Å². The molecule has 1 N–H and O–H groups in total. The normalized spacial score (nSPS) is 12.2. The Kier molecular flexibility index (Phi) is 3.14. The first kappa shape index (κ1) is 11.3. The predicted molar refractivity (Wildman–Crippen MR) is 52.6 cm³/mol. The van der Waals surface area contributed by atoms with Crippen LogP contribution in [0.4, 0.5) is 0 Å². The predicted octanol–water partition coefficient (Wildman–Crippen LogP) is 1.13. The summed E-state index contributed by atoms with van der Waals surface area (Å²) in [4.78, 5) is 23.5. The average molecular weight is 211 g/mol. The minimum atomic E-state index is -1.04. The highest BCUT2D eigenvalue weighted by atomic mass is 16.4. The lowest BCUT2D eigenvalue weighted by Crippen LogP contribution is -2.40. The van der Waals surface area contributed by atoms with Crippen molar-refractivity contribution < 1.29 is 19.1 Å². The number of carbonyl (C=O) groups is 2. The summed E-state index contributed by atoms with van der Waals surface area (Å²) in [6, 6.07) is 0.723. The van der Waals surface area contributed by atoms with E-state index in [0.717, 1.165) is 4.90 Å². The van der Waals surface area contributed by atoms with Crippen LogP contribution in [0.25, 0.3) is 0 Å². The average Bonchev–Trinajstić information content (AvgIpc) is 2.61. The zero-order valence-corrected chi connectivity index (χ0v) is 8.85. The summed E-state index contributed by atoms with van der Waals surface area (Å²) in [6.07, 6.45) is 1.32. The van der Waals surface area contributed by atoms with Crippen LogP contribution in [0.1, 0.15) is 23.0 Å². The van der Waals surface area contributed by atoms with Crippen molar-refractivity contribution in [1.29, 1.82) is 0 Å². The first-order valence-electron chi connectivity index (χ1n) is 4.48. The number of aryl methyl sites for hydroxylation is 1. The summed E-state index contributed by atoms with van der Waals surface area (Å²) >= 11 is 0. The Bertz CT molecular complexity index is 383. The van der Waals surface area contributed by atoms with Gasteiger partial charge < -0.3 is 14.4 Å². The summed E-state index contributed by atoms with van der Waals surface area (Å²) in [5.74, 6) is -0.775. The number of nitrogens with zero attached hydrogens (tertiary/aromatic N) is 1. The van der Waals surface area contributed by atoms with Gasteiger partial charge in [0.25, 0.3) is 5.91 Å². The van der Waals surface area contributed by atoms with E-state index in [1.165, 1.54) is 20.2 Å². The van der Waals surface area contributed by atoms with Gasteiger partial charge in [-0.1, -0.05) is 0 Å². The maximum absolute atomic E-state index is 11.7. The van der Waals surface area contributed by atoms with E-state index in [9.17, 15) is 9.59 Å². The quantitative estimate of drug-likeness (QED) is 0.813. The van der Waals surface area contributed by atoms with Crippen LogP contribution in [0.3, 0.4) is 0 Å². The molecule has 0 spiro atoms. The molecule has 0 aliphatic rings. The fourth-order valence-corrected chi connectivity index (χ4v) is 1.10. The van der Waals surface area contributed by atoms with Gasteiger partial charge in [0.05, 0.1) is 5.56 Å². The molecule has 0 aromatic carbocycles. The van der Waals surface area contributed by atoms with Crippen molar-refractivity contribution in [2.24, 2.45) is 0 Å². The number of furan rings is 1. The maximum Gasteiger partial charge on any atom is 0.326 e. The number of aliphatic carboxylic acids is 1. The second-order valence-electron chi connectivity index (χ2n) is 3.38. The third-order valence-electron chi connectivity index (χ3n) is 2.24. The van der Waals surface area contributed by atoms with Crippen LogP contribution in [0, 0.1) is 6.92 Å². The molecule has 1 atom stereocenters. The highest BCUT2D eigenvalue weighted by Crippen LogP contribution is 2.10. The number of carbonyl (C=O) groups excluding carboxylic acids is 1. The van der Waals surface area contributed by atoms with Crippen LogP contribution in [0.5, 0.6) is 0 Å². The Balaban J connectivity index is 2.81. The molecule has 0 radical (unpaired) electrons. The number of rotatable bonds is 3. The molecule has 1 unspecified atom stereocenters. The maximum atomic E-state index is 11.7. The molecule has 5 heteroatoms. The Labute approximate surface area is 87.3 Å². The van der Waals surface area contributed by atoms with Gasteiger partial charge in [-0.15, -0.1) is 0 Å². The summed E-state index contributed by atoms with van der Waals surface area (Å²) in [5.41, 5.74) is 0.364. The molecule has 0 fully saturated rings. The molecular formula is C10H13NO4. The second-order valence-corrected chi connectivity index (χ2v) is 3.38. The standard InChI is InChI=1S/C10H13NO4/c1-6-4-8(5-15-6)9(12)11(3)7(2)10(13)14/h4-5,7H,1-3H3,(H,13,14). The molecular weight excluding hydrogens is 198 g/mol. The molecule has 0 saturated heterocycles. The molecule has 5 nitrogen and oxygen atoms in total. The van der Waals surface area contributed by atoms with Crippen molar-refractivity contribution in [3.8, 4) is 0 Å². The van der Waals surface area contributed by atoms with E-state index in [0.29, 0.717) is 11.3 Å². The first-order valence-corrected chi connectivity index (χ1v) is 4.48. The van der Waals surface area contributed by atoms with Crippen LogP contribution in [0.2, 0.25) is 0 Å². The highest BCUT2D eigenvalue weighted by Gasteiger charge is 2.23. The van der Waals surface area contributed by atoms with E-state index < -0.39 is 12.0 Å². The first-order chi connectivity index (χ1) is 6.93. The van der Waals surface area contributed by atoms with Gasteiger partial charge in [0, 0.05) is 7.05 Å². The monoisotopic (exact) mass is 211 g/mol. The molecule has 1 amide bonds. The number of hydrogen-bond donors (Lipinski definition) is 1. The van der Waals surface area contributed by atoms with Crippen LogP contribution in [-0.4, -0.2) is 35.0 Å². The molecule has 0 aliphatic heterocycles. The molecule has 1 aromatic heterocycles.